The van der Waals surface area contributed by atoms with E-state index >= 15 is 0 Å². The Morgan fingerprint density at radius 3 is 1.22 bits per heavy atom. The largest absolute Gasteiger partial charge is 0.417 e. The second-order valence-electron chi connectivity index (χ2n) is 4.03. The lowest BCUT2D eigenvalue weighted by Gasteiger charge is -2.15. The molecule has 0 aromatic rings. The summed E-state index contributed by atoms with van der Waals surface area (Å²) >= 11 is 0. The zero-order valence-corrected chi connectivity index (χ0v) is 9.66. The minimum Gasteiger partial charge on any atom is -0.170 e. The Bertz CT molecular complexity index is 435. The van der Waals surface area contributed by atoms with Gasteiger partial charge in [-0.3, -0.25) is 0 Å². The predicted molar refractivity (Wildman–Crippen MR) is 45.5 cm³/mol. The molecule has 0 aromatic carbocycles. The van der Waals surface area contributed by atoms with Crippen molar-refractivity contribution in [2.75, 3.05) is 0 Å². The average molecular weight is 318 g/mol. The molecule has 2 atom stereocenters. The van der Waals surface area contributed by atoms with Crippen molar-refractivity contribution < 1.29 is 39.5 Å². The first-order chi connectivity index (χ1) is 7.86. The van der Waals surface area contributed by atoms with Crippen LogP contribution in [0.15, 0.2) is 10.6 Å². The highest BCUT2D eigenvalue weighted by atomic mass is 31.2. The van der Waals surface area contributed by atoms with Gasteiger partial charge in [-0.2, -0.15) is 39.5 Å². The molecule has 0 radical (unpaired) electrons. The lowest BCUT2D eigenvalue weighted by molar-refractivity contribution is -0.123. The van der Waals surface area contributed by atoms with Crippen molar-refractivity contribution in [2.45, 2.75) is 28.8 Å². The van der Waals surface area contributed by atoms with Crippen molar-refractivity contribution >= 4 is 15.8 Å². The van der Waals surface area contributed by atoms with Crippen LogP contribution in [0.2, 0.25) is 0 Å². The molecule has 4 aliphatic heterocycles. The fraction of sp³-hybridized carbons (Fsp3) is 0.714. The van der Waals surface area contributed by atoms with Crippen molar-refractivity contribution in [3.63, 3.8) is 0 Å². The third-order valence-electron chi connectivity index (χ3n) is 3.11. The molecule has 2 fully saturated rings. The maximum absolute atomic E-state index is 12.6. The number of halogens is 9. The molecular weight excluding hydrogens is 317 g/mol. The maximum atomic E-state index is 12.6. The minimum absolute atomic E-state index is 1.42. The van der Waals surface area contributed by atoms with Crippen LogP contribution in [0.25, 0.3) is 0 Å². The summed E-state index contributed by atoms with van der Waals surface area (Å²) in [6.07, 6.45) is -15.6. The van der Waals surface area contributed by atoms with E-state index in [1.165, 1.54) is 0 Å². The molecule has 0 nitrogen and oxygen atoms in total. The molecule has 0 aliphatic carbocycles. The number of alkyl halides is 9. The van der Waals surface area contributed by atoms with Crippen molar-refractivity contribution in [2.24, 2.45) is 0 Å². The highest BCUT2D eigenvalue weighted by molar-refractivity contribution is 8.13. The second-order valence-corrected chi connectivity index (χ2v) is 9.61. The van der Waals surface area contributed by atoms with Gasteiger partial charge in [0, 0.05) is 5.40 Å². The van der Waals surface area contributed by atoms with E-state index in [-0.39, 0.29) is 0 Å². The maximum Gasteiger partial charge on any atom is 0.417 e. The van der Waals surface area contributed by atoms with Gasteiger partial charge >= 0.3 is 18.5 Å². The standard InChI is InChI=1S/C7HF9P2/c8-5(9,10)1-2(6(11,12)13)18-3-4(18,17(1)3)7(14,15)16/h3H. The summed E-state index contributed by atoms with van der Waals surface area (Å²) in [5, 5.41) is -5.26. The van der Waals surface area contributed by atoms with E-state index in [9.17, 15) is 39.5 Å². The molecule has 4 aliphatic rings. The van der Waals surface area contributed by atoms with Gasteiger partial charge < -0.3 is 0 Å². The summed E-state index contributed by atoms with van der Waals surface area (Å²) in [4.78, 5) is -2.65. The van der Waals surface area contributed by atoms with Crippen molar-refractivity contribution in [1.29, 1.82) is 0 Å². The molecule has 18 heavy (non-hydrogen) atoms. The van der Waals surface area contributed by atoms with Crippen molar-refractivity contribution in [3.05, 3.63) is 10.6 Å². The van der Waals surface area contributed by atoms with Crippen LogP contribution >= 0.6 is 15.8 Å². The van der Waals surface area contributed by atoms with Crippen LogP contribution in [-0.2, 0) is 0 Å². The molecule has 0 aromatic heterocycles. The lowest BCUT2D eigenvalue weighted by atomic mass is 10.4. The summed E-state index contributed by atoms with van der Waals surface area (Å²) in [7, 11) is -5.45. The molecule has 0 amide bonds. The Morgan fingerprint density at radius 1 is 0.722 bits per heavy atom. The van der Waals surface area contributed by atoms with Gasteiger partial charge in [-0.25, -0.2) is 0 Å². The first-order valence-electron chi connectivity index (χ1n) is 4.40. The van der Waals surface area contributed by atoms with Gasteiger partial charge in [0.2, 0.25) is 0 Å². The van der Waals surface area contributed by atoms with Gasteiger partial charge in [0.15, 0.2) is 0 Å². The number of hydrogen-bond donors (Lipinski definition) is 0. The third-order valence-corrected chi connectivity index (χ3v) is 12.0. The van der Waals surface area contributed by atoms with E-state index in [1.54, 1.807) is 0 Å². The number of hydrogen-bond acceptors (Lipinski definition) is 0. The SMILES string of the molecule is FC(F)(F)C1=C(C(F)(F)F)P2C3P1C32C(F)(F)F. The fourth-order valence-electron chi connectivity index (χ4n) is 2.49. The van der Waals surface area contributed by atoms with Crippen molar-refractivity contribution in [3.8, 4) is 0 Å². The predicted octanol–water partition coefficient (Wildman–Crippen LogP) is 4.91. The Balaban J connectivity index is 2.07. The van der Waals surface area contributed by atoms with E-state index in [2.05, 4.69) is 0 Å². The summed E-state index contributed by atoms with van der Waals surface area (Å²) < 4.78 is 113. The first kappa shape index (κ1) is 13.0. The average Bonchev–Trinajstić information content (AvgIpc) is 2.81. The zero-order valence-electron chi connectivity index (χ0n) is 7.87. The smallest absolute Gasteiger partial charge is 0.170 e. The minimum atomic E-state index is -5.31. The normalized spacial score (nSPS) is 42.2. The van der Waals surface area contributed by atoms with Crippen LogP contribution in [0.5, 0.6) is 0 Å². The Hall–Kier alpha value is -0.0300. The third kappa shape index (κ3) is 1.18. The van der Waals surface area contributed by atoms with Gasteiger partial charge in [-0.15, -0.1) is 0 Å². The second kappa shape index (κ2) is 2.85. The van der Waals surface area contributed by atoms with Gasteiger partial charge in [-0.05, 0) is 15.8 Å². The van der Waals surface area contributed by atoms with Crippen LogP contribution in [0.4, 0.5) is 39.5 Å². The summed E-state index contributed by atoms with van der Waals surface area (Å²) in [6, 6.07) is 0. The van der Waals surface area contributed by atoms with Crippen LogP contribution < -0.4 is 0 Å². The molecule has 0 spiro atoms. The van der Waals surface area contributed by atoms with E-state index in [0.29, 0.717) is 0 Å². The van der Waals surface area contributed by atoms with E-state index in [1.807, 2.05) is 0 Å². The molecule has 2 bridgehead atoms. The molecule has 11 heteroatoms. The van der Waals surface area contributed by atoms with E-state index in [0.717, 1.165) is 0 Å². The van der Waals surface area contributed by atoms with Crippen LogP contribution in [0, 0.1) is 0 Å². The molecule has 0 N–H and O–H groups in total. The summed E-state index contributed by atoms with van der Waals surface area (Å²) in [5.41, 5.74) is 0. The van der Waals surface area contributed by atoms with E-state index in [4.69, 9.17) is 0 Å². The number of allylic oxidation sites excluding steroid dienone is 2. The van der Waals surface area contributed by atoms with E-state index < -0.39 is 55.3 Å². The molecular formula is C7HF9P2. The molecule has 2 unspecified atom stereocenters. The summed E-state index contributed by atoms with van der Waals surface area (Å²) in [6.45, 7) is 0. The van der Waals surface area contributed by atoms with Crippen molar-refractivity contribution in [1.82, 2.24) is 0 Å². The van der Waals surface area contributed by atoms with Crippen LogP contribution in [0.1, 0.15) is 0 Å². The molecule has 4 rings (SSSR count). The van der Waals surface area contributed by atoms with Gasteiger partial charge in [0.05, 0.1) is 10.6 Å². The Kier molecular flexibility index (Phi) is 2.05. The molecule has 2 saturated heterocycles. The van der Waals surface area contributed by atoms with Crippen LogP contribution in [-0.4, -0.2) is 28.8 Å². The Labute approximate surface area is 95.7 Å². The molecule has 4 heterocycles. The van der Waals surface area contributed by atoms with Gasteiger partial charge in [0.1, 0.15) is 4.90 Å². The monoisotopic (exact) mass is 318 g/mol. The quantitative estimate of drug-likeness (QED) is 0.440. The van der Waals surface area contributed by atoms with Gasteiger partial charge in [-0.1, -0.05) is 0 Å². The zero-order chi connectivity index (χ0) is 13.9. The molecule has 102 valence electrons. The highest BCUT2D eigenvalue weighted by Gasteiger charge is 3.04. The summed E-state index contributed by atoms with van der Waals surface area (Å²) in [5.74, 6) is 0. The lowest BCUT2D eigenvalue weighted by Crippen LogP contribution is -2.20. The Morgan fingerprint density at radius 2 is 1.06 bits per heavy atom. The van der Waals surface area contributed by atoms with Crippen LogP contribution in [0.3, 0.4) is 0 Å². The first-order valence-corrected chi connectivity index (χ1v) is 7.22. The number of rotatable bonds is 0. The highest BCUT2D eigenvalue weighted by Crippen LogP contribution is 3.21. The van der Waals surface area contributed by atoms with Gasteiger partial charge in [0.25, 0.3) is 0 Å². The molecule has 0 saturated carbocycles. The fourth-order valence-corrected chi connectivity index (χ4v) is 12.6. The topological polar surface area (TPSA) is 0 Å².